The summed E-state index contributed by atoms with van der Waals surface area (Å²) in [4.78, 5) is 34.9. The SMILES string of the molecule is Cc1c(C=O)ccc2c1NC(=O)C2(O)CCNC(=O)OC(C)(C)C. The molecular weight excluding hydrogens is 312 g/mol. The van der Waals surface area contributed by atoms with E-state index in [1.165, 1.54) is 0 Å². The molecule has 130 valence electrons. The van der Waals surface area contributed by atoms with Crippen molar-refractivity contribution >= 4 is 24.0 Å². The van der Waals surface area contributed by atoms with Gasteiger partial charge in [0.2, 0.25) is 0 Å². The van der Waals surface area contributed by atoms with E-state index in [0.717, 1.165) is 0 Å². The molecule has 1 unspecified atom stereocenters. The van der Waals surface area contributed by atoms with Crippen molar-refractivity contribution in [2.24, 2.45) is 0 Å². The van der Waals surface area contributed by atoms with E-state index in [1.807, 2.05) is 0 Å². The standard InChI is InChI=1S/C17H22N2O5/c1-10-11(9-20)5-6-12-13(10)19-14(21)17(12,23)7-8-18-15(22)24-16(2,3)4/h5-6,9,23H,7-8H2,1-4H3,(H,18,22)(H,19,21). The lowest BCUT2D eigenvalue weighted by Crippen LogP contribution is -2.39. The highest BCUT2D eigenvalue weighted by molar-refractivity contribution is 6.06. The van der Waals surface area contributed by atoms with Gasteiger partial charge in [0.05, 0.1) is 5.69 Å². The van der Waals surface area contributed by atoms with E-state index in [4.69, 9.17) is 4.74 Å². The van der Waals surface area contributed by atoms with Crippen LogP contribution in [0.4, 0.5) is 10.5 Å². The van der Waals surface area contributed by atoms with Gasteiger partial charge in [0.1, 0.15) is 11.9 Å². The predicted octanol–water partition coefficient (Wildman–Crippen LogP) is 1.86. The predicted molar refractivity (Wildman–Crippen MR) is 87.9 cm³/mol. The number of rotatable bonds is 4. The van der Waals surface area contributed by atoms with Crippen molar-refractivity contribution in [3.63, 3.8) is 0 Å². The number of nitrogens with one attached hydrogen (secondary N) is 2. The Bertz CT molecular complexity index is 693. The van der Waals surface area contributed by atoms with Crippen molar-refractivity contribution in [2.45, 2.75) is 45.3 Å². The normalized spacial score (nSPS) is 19.5. The fourth-order valence-electron chi connectivity index (χ4n) is 2.61. The summed E-state index contributed by atoms with van der Waals surface area (Å²) in [5, 5.41) is 15.9. The van der Waals surface area contributed by atoms with Gasteiger partial charge in [-0.1, -0.05) is 12.1 Å². The molecule has 7 heteroatoms. The molecular formula is C17H22N2O5. The molecule has 1 atom stereocenters. The largest absolute Gasteiger partial charge is 0.444 e. The van der Waals surface area contributed by atoms with Crippen LogP contribution in [0.3, 0.4) is 0 Å². The smallest absolute Gasteiger partial charge is 0.407 e. The van der Waals surface area contributed by atoms with E-state index in [2.05, 4.69) is 10.6 Å². The first-order chi connectivity index (χ1) is 11.1. The molecule has 7 nitrogen and oxygen atoms in total. The van der Waals surface area contributed by atoms with Crippen LogP contribution in [0.2, 0.25) is 0 Å². The Kier molecular flexibility index (Phi) is 4.66. The molecule has 0 spiro atoms. The van der Waals surface area contributed by atoms with Crippen LogP contribution in [0.1, 0.15) is 48.7 Å². The highest BCUT2D eigenvalue weighted by Crippen LogP contribution is 2.40. The molecule has 1 aliphatic rings. The maximum Gasteiger partial charge on any atom is 0.407 e. The molecule has 3 N–H and O–H groups in total. The highest BCUT2D eigenvalue weighted by Gasteiger charge is 2.45. The second kappa shape index (κ2) is 6.24. The number of fused-ring (bicyclic) bond motifs is 1. The minimum Gasteiger partial charge on any atom is -0.444 e. The number of anilines is 1. The van der Waals surface area contributed by atoms with Crippen LogP contribution in [-0.2, 0) is 15.1 Å². The fraction of sp³-hybridized carbons (Fsp3) is 0.471. The summed E-state index contributed by atoms with van der Waals surface area (Å²) in [5.74, 6) is -0.574. The van der Waals surface area contributed by atoms with Gasteiger partial charge in [-0.3, -0.25) is 9.59 Å². The number of carbonyl (C=O) groups excluding carboxylic acids is 3. The Labute approximate surface area is 140 Å². The van der Waals surface area contributed by atoms with Crippen LogP contribution in [0.25, 0.3) is 0 Å². The molecule has 24 heavy (non-hydrogen) atoms. The lowest BCUT2D eigenvalue weighted by atomic mass is 9.89. The van der Waals surface area contributed by atoms with Crippen molar-refractivity contribution in [1.29, 1.82) is 0 Å². The van der Waals surface area contributed by atoms with Crippen LogP contribution >= 0.6 is 0 Å². The number of aldehydes is 1. The number of hydrogen-bond donors (Lipinski definition) is 3. The van der Waals surface area contributed by atoms with Gasteiger partial charge < -0.3 is 20.5 Å². The zero-order valence-corrected chi connectivity index (χ0v) is 14.2. The molecule has 0 radical (unpaired) electrons. The first-order valence-corrected chi connectivity index (χ1v) is 7.68. The van der Waals surface area contributed by atoms with E-state index in [-0.39, 0.29) is 13.0 Å². The Morgan fingerprint density at radius 2 is 2.08 bits per heavy atom. The Morgan fingerprint density at radius 1 is 1.42 bits per heavy atom. The number of ether oxygens (including phenoxy) is 1. The van der Waals surface area contributed by atoms with Gasteiger partial charge in [-0.2, -0.15) is 0 Å². The lowest BCUT2D eigenvalue weighted by Gasteiger charge is -2.23. The van der Waals surface area contributed by atoms with Crippen molar-refractivity contribution in [3.8, 4) is 0 Å². The highest BCUT2D eigenvalue weighted by atomic mass is 16.6. The molecule has 0 aliphatic carbocycles. The van der Waals surface area contributed by atoms with Crippen molar-refractivity contribution in [3.05, 3.63) is 28.8 Å². The molecule has 0 fully saturated rings. The summed E-state index contributed by atoms with van der Waals surface area (Å²) in [6.45, 7) is 7.00. The molecule has 1 aliphatic heterocycles. The molecule has 0 saturated heterocycles. The summed E-state index contributed by atoms with van der Waals surface area (Å²) in [6.07, 6.45) is 0.0750. The Hall–Kier alpha value is -2.41. The minimum atomic E-state index is -1.75. The molecule has 1 aromatic carbocycles. The van der Waals surface area contributed by atoms with Crippen LogP contribution in [0.15, 0.2) is 12.1 Å². The van der Waals surface area contributed by atoms with Gasteiger partial charge in [0, 0.05) is 24.1 Å². The molecule has 0 aromatic heterocycles. The first kappa shape index (κ1) is 17.9. The molecule has 2 rings (SSSR count). The second-order valence-electron chi connectivity index (χ2n) is 6.81. The van der Waals surface area contributed by atoms with Crippen LogP contribution in [-0.4, -0.2) is 35.5 Å². The molecule has 0 bridgehead atoms. The van der Waals surface area contributed by atoms with Crippen molar-refractivity contribution in [1.82, 2.24) is 5.32 Å². The number of alkyl carbamates (subject to hydrolysis) is 1. The van der Waals surface area contributed by atoms with E-state index in [0.29, 0.717) is 28.7 Å². The van der Waals surface area contributed by atoms with E-state index in [9.17, 15) is 19.5 Å². The third-order valence-corrected chi connectivity index (χ3v) is 3.85. The Morgan fingerprint density at radius 3 is 2.67 bits per heavy atom. The first-order valence-electron chi connectivity index (χ1n) is 7.68. The third-order valence-electron chi connectivity index (χ3n) is 3.85. The Balaban J connectivity index is 2.12. The minimum absolute atomic E-state index is 0.00898. The average molecular weight is 334 g/mol. The quantitative estimate of drug-likeness (QED) is 0.729. The number of amides is 2. The fourth-order valence-corrected chi connectivity index (χ4v) is 2.61. The number of aliphatic hydroxyl groups is 1. The molecule has 1 aromatic rings. The van der Waals surface area contributed by atoms with Gasteiger partial charge in [-0.25, -0.2) is 4.79 Å². The summed E-state index contributed by atoms with van der Waals surface area (Å²) >= 11 is 0. The third kappa shape index (κ3) is 3.41. The van der Waals surface area contributed by atoms with E-state index >= 15 is 0 Å². The van der Waals surface area contributed by atoms with Gasteiger partial charge >= 0.3 is 6.09 Å². The average Bonchev–Trinajstić information content (AvgIpc) is 2.71. The lowest BCUT2D eigenvalue weighted by molar-refractivity contribution is -0.134. The van der Waals surface area contributed by atoms with Gasteiger partial charge in [0.25, 0.3) is 5.91 Å². The summed E-state index contributed by atoms with van der Waals surface area (Å²) in [5.41, 5.74) is -0.472. The van der Waals surface area contributed by atoms with Crippen molar-refractivity contribution in [2.75, 3.05) is 11.9 Å². The summed E-state index contributed by atoms with van der Waals surface area (Å²) < 4.78 is 5.11. The molecule has 0 saturated carbocycles. The number of hydrogen-bond acceptors (Lipinski definition) is 5. The van der Waals surface area contributed by atoms with Gasteiger partial charge in [0.15, 0.2) is 5.60 Å². The monoisotopic (exact) mass is 334 g/mol. The van der Waals surface area contributed by atoms with E-state index in [1.54, 1.807) is 39.8 Å². The zero-order valence-electron chi connectivity index (χ0n) is 14.2. The summed E-state index contributed by atoms with van der Waals surface area (Å²) in [7, 11) is 0. The van der Waals surface area contributed by atoms with Crippen LogP contribution in [0, 0.1) is 6.92 Å². The molecule has 1 heterocycles. The molecule has 2 amide bonds. The second-order valence-corrected chi connectivity index (χ2v) is 6.81. The topological polar surface area (TPSA) is 105 Å². The number of benzene rings is 1. The summed E-state index contributed by atoms with van der Waals surface area (Å²) in [6, 6.07) is 3.12. The van der Waals surface area contributed by atoms with E-state index < -0.39 is 23.2 Å². The van der Waals surface area contributed by atoms with Gasteiger partial charge in [-0.05, 0) is 33.3 Å². The van der Waals surface area contributed by atoms with Gasteiger partial charge in [-0.15, -0.1) is 0 Å². The van der Waals surface area contributed by atoms with Crippen molar-refractivity contribution < 1.29 is 24.2 Å². The van der Waals surface area contributed by atoms with Crippen LogP contribution < -0.4 is 10.6 Å². The number of carbonyl (C=O) groups is 3. The maximum absolute atomic E-state index is 12.2. The zero-order chi connectivity index (χ0) is 18.1. The van der Waals surface area contributed by atoms with Crippen LogP contribution in [0.5, 0.6) is 0 Å². The maximum atomic E-state index is 12.2.